The number of carbonyl (C=O) groups excluding carboxylic acids is 1. The number of fused-ring (bicyclic) bond motifs is 1. The number of hydrogen-bond donors (Lipinski definition) is 2. The van der Waals surface area contributed by atoms with Crippen molar-refractivity contribution in [1.29, 1.82) is 0 Å². The summed E-state index contributed by atoms with van der Waals surface area (Å²) < 4.78 is 5.42. The Kier molecular flexibility index (Phi) is 6.84. The third kappa shape index (κ3) is 6.02. The Balaban J connectivity index is 1.54. The molecule has 33 heavy (non-hydrogen) atoms. The van der Waals surface area contributed by atoms with Gasteiger partial charge < -0.3 is 15.0 Å². The van der Waals surface area contributed by atoms with Gasteiger partial charge in [0.15, 0.2) is 0 Å². The Morgan fingerprint density at radius 1 is 1.03 bits per heavy atom. The fraction of sp³-hybridized carbons (Fsp3) is 0.407. The van der Waals surface area contributed by atoms with E-state index in [-0.39, 0.29) is 0 Å². The number of rotatable bonds is 4. The summed E-state index contributed by atoms with van der Waals surface area (Å²) in [5.41, 5.74) is 2.30. The Hall–Kier alpha value is -3.12. The van der Waals surface area contributed by atoms with Crippen LogP contribution in [-0.2, 0) is 4.74 Å². The molecule has 0 aliphatic carbocycles. The first-order valence-electron chi connectivity index (χ1n) is 11.7. The maximum absolute atomic E-state index is 12.3. The normalized spacial score (nSPS) is 17.4. The first kappa shape index (κ1) is 23.1. The molecule has 0 radical (unpaired) electrons. The molecule has 1 aliphatic heterocycles. The Labute approximate surface area is 196 Å². The lowest BCUT2D eigenvalue weighted by molar-refractivity contribution is 0.0636. The molecule has 2 heterocycles. The average Bonchev–Trinajstić information content (AvgIpc) is 2.97. The van der Waals surface area contributed by atoms with Crippen molar-refractivity contribution in [2.24, 2.45) is 0 Å². The third-order valence-corrected chi connectivity index (χ3v) is 5.94. The van der Waals surface area contributed by atoms with E-state index in [9.17, 15) is 4.79 Å². The van der Waals surface area contributed by atoms with Crippen molar-refractivity contribution >= 4 is 28.4 Å². The predicted molar refractivity (Wildman–Crippen MR) is 136 cm³/mol. The van der Waals surface area contributed by atoms with Gasteiger partial charge in [-0.2, -0.15) is 0 Å². The quantitative estimate of drug-likeness (QED) is 0.503. The Morgan fingerprint density at radius 2 is 1.82 bits per heavy atom. The van der Waals surface area contributed by atoms with E-state index in [2.05, 4.69) is 40.8 Å². The lowest BCUT2D eigenvalue weighted by Crippen LogP contribution is -2.27. The molecule has 174 valence electrons. The van der Waals surface area contributed by atoms with Crippen LogP contribution < -0.4 is 10.6 Å². The minimum Gasteiger partial charge on any atom is -0.444 e. The molecule has 2 aromatic carbocycles. The van der Waals surface area contributed by atoms with Crippen molar-refractivity contribution < 1.29 is 9.53 Å². The lowest BCUT2D eigenvalue weighted by atomic mass is 9.98. The largest absolute Gasteiger partial charge is 0.444 e. The summed E-state index contributed by atoms with van der Waals surface area (Å²) in [5.74, 6) is 0.917. The fourth-order valence-corrected chi connectivity index (χ4v) is 4.31. The minimum absolute atomic E-state index is 0.456. The van der Waals surface area contributed by atoms with Gasteiger partial charge in [0.1, 0.15) is 11.4 Å². The van der Waals surface area contributed by atoms with Gasteiger partial charge in [-0.3, -0.25) is 5.32 Å². The Bertz CT molecular complexity index is 1110. The van der Waals surface area contributed by atoms with Crippen LogP contribution in [0.2, 0.25) is 0 Å². The zero-order valence-electron chi connectivity index (χ0n) is 20.0. The van der Waals surface area contributed by atoms with Crippen LogP contribution in [0.15, 0.2) is 54.7 Å². The number of carbonyl (C=O) groups is 1. The van der Waals surface area contributed by atoms with Crippen LogP contribution in [0, 0.1) is 0 Å². The number of nitrogens with one attached hydrogen (secondary N) is 2. The number of ether oxygens (including phenoxy) is 1. The molecule has 3 aromatic rings. The number of nitrogens with zero attached hydrogens (tertiary/aromatic N) is 2. The van der Waals surface area contributed by atoms with E-state index in [1.165, 1.54) is 12.8 Å². The molecule has 1 saturated heterocycles. The van der Waals surface area contributed by atoms with Crippen LogP contribution in [-0.4, -0.2) is 47.8 Å². The van der Waals surface area contributed by atoms with Gasteiger partial charge in [0.25, 0.3) is 0 Å². The molecular weight excluding hydrogens is 412 g/mol. The zero-order chi connectivity index (χ0) is 23.4. The van der Waals surface area contributed by atoms with Gasteiger partial charge in [0, 0.05) is 23.2 Å². The summed E-state index contributed by atoms with van der Waals surface area (Å²) in [5, 5.41) is 8.52. The van der Waals surface area contributed by atoms with Crippen molar-refractivity contribution in [3.63, 3.8) is 0 Å². The van der Waals surface area contributed by atoms with Crippen LogP contribution in [0.3, 0.4) is 0 Å². The third-order valence-electron chi connectivity index (χ3n) is 5.94. The van der Waals surface area contributed by atoms with Crippen LogP contribution in [0.1, 0.15) is 40.0 Å². The fourth-order valence-electron chi connectivity index (χ4n) is 4.31. The number of hydrogen-bond acceptors (Lipinski definition) is 5. The van der Waals surface area contributed by atoms with Crippen LogP contribution in [0.25, 0.3) is 21.9 Å². The van der Waals surface area contributed by atoms with E-state index >= 15 is 0 Å². The molecule has 1 amide bonds. The first-order valence-corrected chi connectivity index (χ1v) is 11.7. The van der Waals surface area contributed by atoms with Gasteiger partial charge in [-0.1, -0.05) is 30.3 Å². The molecule has 6 nitrogen and oxygen atoms in total. The predicted octanol–water partition coefficient (Wildman–Crippen LogP) is 6.15. The minimum atomic E-state index is -0.548. The van der Waals surface area contributed by atoms with Crippen LogP contribution >= 0.6 is 0 Å². The summed E-state index contributed by atoms with van der Waals surface area (Å²) in [7, 11) is 2.19. The summed E-state index contributed by atoms with van der Waals surface area (Å²) in [4.78, 5) is 19.4. The Morgan fingerprint density at radius 3 is 2.55 bits per heavy atom. The summed E-state index contributed by atoms with van der Waals surface area (Å²) in [6.07, 6.45) is 4.99. The van der Waals surface area contributed by atoms with Crippen LogP contribution in [0.5, 0.6) is 0 Å². The molecule has 1 unspecified atom stereocenters. The lowest BCUT2D eigenvalue weighted by Gasteiger charge is -2.20. The summed E-state index contributed by atoms with van der Waals surface area (Å²) in [6.45, 7) is 7.84. The maximum atomic E-state index is 12.3. The van der Waals surface area contributed by atoms with Crippen molar-refractivity contribution in [2.45, 2.75) is 51.7 Å². The van der Waals surface area contributed by atoms with Gasteiger partial charge >= 0.3 is 6.09 Å². The molecule has 1 aliphatic rings. The molecule has 1 aromatic heterocycles. The molecule has 0 saturated carbocycles. The van der Waals surface area contributed by atoms with E-state index in [0.29, 0.717) is 6.04 Å². The number of anilines is 2. The van der Waals surface area contributed by atoms with Crippen molar-refractivity contribution in [3.05, 3.63) is 54.7 Å². The smallest absolute Gasteiger partial charge is 0.412 e. The van der Waals surface area contributed by atoms with E-state index in [1.54, 1.807) is 0 Å². The first-order chi connectivity index (χ1) is 15.8. The number of benzene rings is 2. The highest BCUT2D eigenvalue weighted by Gasteiger charge is 2.18. The zero-order valence-corrected chi connectivity index (χ0v) is 20.0. The van der Waals surface area contributed by atoms with E-state index < -0.39 is 11.7 Å². The van der Waals surface area contributed by atoms with Gasteiger partial charge in [-0.25, -0.2) is 9.78 Å². The van der Waals surface area contributed by atoms with Gasteiger partial charge in [-0.15, -0.1) is 0 Å². The second kappa shape index (κ2) is 9.79. The monoisotopic (exact) mass is 446 g/mol. The topological polar surface area (TPSA) is 66.5 Å². The van der Waals surface area contributed by atoms with Crippen molar-refractivity contribution in [3.8, 4) is 11.1 Å². The van der Waals surface area contributed by atoms with Crippen LogP contribution in [0.4, 0.5) is 16.3 Å². The van der Waals surface area contributed by atoms with Gasteiger partial charge in [0.05, 0.1) is 5.69 Å². The summed E-state index contributed by atoms with van der Waals surface area (Å²) >= 11 is 0. The average molecular weight is 447 g/mol. The second-order valence-electron chi connectivity index (χ2n) is 9.84. The highest BCUT2D eigenvalue weighted by Crippen LogP contribution is 2.33. The molecule has 0 spiro atoms. The van der Waals surface area contributed by atoms with E-state index in [4.69, 9.17) is 9.72 Å². The van der Waals surface area contributed by atoms with Crippen molar-refractivity contribution in [1.82, 2.24) is 9.88 Å². The number of likely N-dealkylation sites (tertiary alicyclic amines) is 1. The second-order valence-corrected chi connectivity index (χ2v) is 9.84. The molecule has 0 bridgehead atoms. The number of aromatic nitrogens is 1. The van der Waals surface area contributed by atoms with Crippen molar-refractivity contribution in [2.75, 3.05) is 30.8 Å². The molecule has 2 N–H and O–H groups in total. The maximum Gasteiger partial charge on any atom is 0.412 e. The number of amides is 1. The SMILES string of the molecule is CN1CCCC(Nc2ccc(-c3ccc(NC(=O)OC(C)(C)C)c4ccccc34)cn2)CC1. The van der Waals surface area contributed by atoms with E-state index in [1.807, 2.05) is 57.3 Å². The van der Waals surface area contributed by atoms with Gasteiger partial charge in [0.2, 0.25) is 0 Å². The highest BCUT2D eigenvalue weighted by atomic mass is 16.6. The standard InChI is InChI=1S/C27H34N4O2/c1-27(2,3)33-26(32)30-24-13-12-21(22-9-5-6-10-23(22)24)19-11-14-25(28-18-19)29-20-8-7-16-31(4)17-15-20/h5-6,9-14,18,20H,7-8,15-17H2,1-4H3,(H,28,29)(H,30,32). The summed E-state index contributed by atoms with van der Waals surface area (Å²) in [6, 6.07) is 16.7. The highest BCUT2D eigenvalue weighted by molar-refractivity contribution is 6.06. The number of pyridine rings is 1. The van der Waals surface area contributed by atoms with E-state index in [0.717, 1.165) is 52.9 Å². The molecule has 6 heteroatoms. The molecular formula is C27H34N4O2. The molecule has 1 atom stereocenters. The molecule has 4 rings (SSSR count). The molecule has 1 fully saturated rings. The van der Waals surface area contributed by atoms with Gasteiger partial charge in [-0.05, 0) is 89.3 Å².